The molecule has 1 aliphatic rings. The van der Waals surface area contributed by atoms with Crippen molar-refractivity contribution >= 4 is 5.91 Å². The van der Waals surface area contributed by atoms with Crippen LogP contribution < -0.4 is 4.74 Å². The number of amides is 1. The zero-order valence-corrected chi connectivity index (χ0v) is 17.4. The minimum absolute atomic E-state index is 0.0636. The van der Waals surface area contributed by atoms with Crippen LogP contribution in [0.3, 0.4) is 0 Å². The van der Waals surface area contributed by atoms with Crippen molar-refractivity contribution in [3.8, 4) is 5.75 Å². The SMILES string of the molecule is Cc1ccc(C(C)C)c(OC(C)C(=O)N2CCN(Cc3ccccn3)CC2)c1. The molecule has 1 atom stereocenters. The Bertz CT molecular complexity index is 784. The van der Waals surface area contributed by atoms with Gasteiger partial charge in [-0.05, 0) is 49.1 Å². The molecule has 150 valence electrons. The molecule has 5 heteroatoms. The average Bonchev–Trinajstić information content (AvgIpc) is 2.68. The molecule has 3 rings (SSSR count). The fraction of sp³-hybridized carbons (Fsp3) is 0.478. The minimum atomic E-state index is -0.485. The van der Waals surface area contributed by atoms with E-state index in [4.69, 9.17) is 4.74 Å². The third-order valence-corrected chi connectivity index (χ3v) is 5.24. The van der Waals surface area contributed by atoms with Crippen LogP contribution in [0.2, 0.25) is 0 Å². The Morgan fingerprint density at radius 1 is 1.11 bits per heavy atom. The molecule has 1 aromatic heterocycles. The highest BCUT2D eigenvalue weighted by Crippen LogP contribution is 2.28. The van der Waals surface area contributed by atoms with Crippen molar-refractivity contribution in [1.29, 1.82) is 0 Å². The van der Waals surface area contributed by atoms with Crippen LogP contribution in [0.4, 0.5) is 0 Å². The van der Waals surface area contributed by atoms with Gasteiger partial charge < -0.3 is 9.64 Å². The van der Waals surface area contributed by atoms with Crippen molar-refractivity contribution in [3.05, 3.63) is 59.4 Å². The lowest BCUT2D eigenvalue weighted by Gasteiger charge is -2.35. The van der Waals surface area contributed by atoms with Crippen LogP contribution in [0, 0.1) is 6.92 Å². The highest BCUT2D eigenvalue weighted by Gasteiger charge is 2.26. The first-order chi connectivity index (χ1) is 13.4. The lowest BCUT2D eigenvalue weighted by atomic mass is 10.0. The lowest BCUT2D eigenvalue weighted by molar-refractivity contribution is -0.139. The van der Waals surface area contributed by atoms with Crippen LogP contribution in [-0.2, 0) is 11.3 Å². The topological polar surface area (TPSA) is 45.7 Å². The number of hydrogen-bond acceptors (Lipinski definition) is 4. The van der Waals surface area contributed by atoms with E-state index >= 15 is 0 Å². The number of rotatable bonds is 6. The molecule has 1 unspecified atom stereocenters. The van der Waals surface area contributed by atoms with Crippen molar-refractivity contribution in [3.63, 3.8) is 0 Å². The summed E-state index contributed by atoms with van der Waals surface area (Å²) in [5.74, 6) is 1.24. The van der Waals surface area contributed by atoms with E-state index in [1.807, 2.05) is 49.2 Å². The molecule has 0 N–H and O–H groups in total. The molecule has 2 aromatic rings. The van der Waals surface area contributed by atoms with E-state index in [1.54, 1.807) is 0 Å². The van der Waals surface area contributed by atoms with Gasteiger partial charge in [-0.1, -0.05) is 32.0 Å². The summed E-state index contributed by atoms with van der Waals surface area (Å²) in [4.78, 5) is 21.6. The second-order valence-corrected chi connectivity index (χ2v) is 7.88. The van der Waals surface area contributed by atoms with E-state index in [1.165, 1.54) is 0 Å². The molecule has 5 nitrogen and oxygen atoms in total. The Balaban J connectivity index is 1.56. The van der Waals surface area contributed by atoms with Crippen LogP contribution in [-0.4, -0.2) is 53.0 Å². The number of hydrogen-bond donors (Lipinski definition) is 0. The Labute approximate surface area is 168 Å². The number of carbonyl (C=O) groups is 1. The molecule has 1 aliphatic heterocycles. The molecule has 1 aromatic carbocycles. The largest absolute Gasteiger partial charge is 0.481 e. The quantitative estimate of drug-likeness (QED) is 0.767. The summed E-state index contributed by atoms with van der Waals surface area (Å²) < 4.78 is 6.11. The lowest BCUT2D eigenvalue weighted by Crippen LogP contribution is -2.51. The number of piperazine rings is 1. The van der Waals surface area contributed by atoms with Crippen LogP contribution in [0.1, 0.15) is 43.5 Å². The van der Waals surface area contributed by atoms with E-state index in [0.29, 0.717) is 5.92 Å². The van der Waals surface area contributed by atoms with E-state index in [0.717, 1.165) is 55.3 Å². The third kappa shape index (κ3) is 5.10. The second kappa shape index (κ2) is 9.20. The van der Waals surface area contributed by atoms with Gasteiger partial charge in [0.2, 0.25) is 0 Å². The highest BCUT2D eigenvalue weighted by molar-refractivity contribution is 5.81. The van der Waals surface area contributed by atoms with Gasteiger partial charge in [0.05, 0.1) is 5.69 Å². The Morgan fingerprint density at radius 2 is 1.86 bits per heavy atom. The van der Waals surface area contributed by atoms with Gasteiger partial charge in [0.15, 0.2) is 6.10 Å². The van der Waals surface area contributed by atoms with Gasteiger partial charge in [-0.3, -0.25) is 14.7 Å². The molecule has 1 amide bonds. The molecule has 1 saturated heterocycles. The van der Waals surface area contributed by atoms with Crippen molar-refractivity contribution in [2.45, 2.75) is 46.3 Å². The molecular weight excluding hydrogens is 350 g/mol. The standard InChI is InChI=1S/C23H31N3O2/c1-17(2)21-9-8-18(3)15-22(21)28-19(4)23(27)26-13-11-25(12-14-26)16-20-7-5-6-10-24-20/h5-10,15,17,19H,11-14,16H2,1-4H3. The number of pyridine rings is 1. The van der Waals surface area contributed by atoms with Gasteiger partial charge in [0, 0.05) is 38.9 Å². The van der Waals surface area contributed by atoms with E-state index in [9.17, 15) is 4.79 Å². The first kappa shape index (κ1) is 20.3. The van der Waals surface area contributed by atoms with E-state index in [-0.39, 0.29) is 5.91 Å². The summed E-state index contributed by atoms with van der Waals surface area (Å²) in [5, 5.41) is 0. The summed E-state index contributed by atoms with van der Waals surface area (Å²) >= 11 is 0. The van der Waals surface area contributed by atoms with Gasteiger partial charge in [0.25, 0.3) is 5.91 Å². The van der Waals surface area contributed by atoms with Gasteiger partial charge >= 0.3 is 0 Å². The van der Waals surface area contributed by atoms with Crippen molar-refractivity contribution in [2.75, 3.05) is 26.2 Å². The molecular formula is C23H31N3O2. The van der Waals surface area contributed by atoms with Crippen molar-refractivity contribution in [1.82, 2.24) is 14.8 Å². The van der Waals surface area contributed by atoms with E-state index < -0.39 is 6.10 Å². The maximum Gasteiger partial charge on any atom is 0.263 e. The number of aromatic nitrogens is 1. The molecule has 0 saturated carbocycles. The van der Waals surface area contributed by atoms with Crippen molar-refractivity contribution in [2.24, 2.45) is 0 Å². The van der Waals surface area contributed by atoms with Gasteiger partial charge in [0.1, 0.15) is 5.75 Å². The molecule has 0 radical (unpaired) electrons. The first-order valence-corrected chi connectivity index (χ1v) is 10.1. The number of ether oxygens (including phenoxy) is 1. The molecule has 0 spiro atoms. The predicted molar refractivity (Wildman–Crippen MR) is 111 cm³/mol. The summed E-state index contributed by atoms with van der Waals surface area (Å²) in [7, 11) is 0. The second-order valence-electron chi connectivity index (χ2n) is 7.88. The highest BCUT2D eigenvalue weighted by atomic mass is 16.5. The fourth-order valence-corrected chi connectivity index (χ4v) is 3.57. The molecule has 1 fully saturated rings. The number of nitrogens with zero attached hydrogens (tertiary/aromatic N) is 3. The summed E-state index contributed by atoms with van der Waals surface area (Å²) in [6.45, 7) is 12.2. The summed E-state index contributed by atoms with van der Waals surface area (Å²) in [6, 6.07) is 12.2. The first-order valence-electron chi connectivity index (χ1n) is 10.1. The Morgan fingerprint density at radius 3 is 2.50 bits per heavy atom. The zero-order valence-electron chi connectivity index (χ0n) is 17.4. The van der Waals surface area contributed by atoms with Crippen LogP contribution in [0.25, 0.3) is 0 Å². The normalized spacial score (nSPS) is 16.2. The molecule has 2 heterocycles. The van der Waals surface area contributed by atoms with Gasteiger partial charge in [-0.2, -0.15) is 0 Å². The Kier molecular flexibility index (Phi) is 6.68. The van der Waals surface area contributed by atoms with Gasteiger partial charge in [-0.15, -0.1) is 0 Å². The molecule has 28 heavy (non-hydrogen) atoms. The average molecular weight is 382 g/mol. The minimum Gasteiger partial charge on any atom is -0.481 e. The number of aryl methyl sites for hydroxylation is 1. The van der Waals surface area contributed by atoms with Crippen LogP contribution in [0.5, 0.6) is 5.75 Å². The Hall–Kier alpha value is -2.40. The van der Waals surface area contributed by atoms with Gasteiger partial charge in [-0.25, -0.2) is 0 Å². The molecule has 0 bridgehead atoms. The maximum atomic E-state index is 12.9. The zero-order chi connectivity index (χ0) is 20.1. The monoisotopic (exact) mass is 381 g/mol. The van der Waals surface area contributed by atoms with Crippen molar-refractivity contribution < 1.29 is 9.53 Å². The summed E-state index contributed by atoms with van der Waals surface area (Å²) in [6.07, 6.45) is 1.34. The smallest absolute Gasteiger partial charge is 0.263 e. The maximum absolute atomic E-state index is 12.9. The number of carbonyl (C=O) groups excluding carboxylic acids is 1. The van der Waals surface area contributed by atoms with Crippen LogP contribution >= 0.6 is 0 Å². The predicted octanol–water partition coefficient (Wildman–Crippen LogP) is 3.63. The van der Waals surface area contributed by atoms with Crippen LogP contribution in [0.15, 0.2) is 42.6 Å². The molecule has 0 aliphatic carbocycles. The fourth-order valence-electron chi connectivity index (χ4n) is 3.57. The summed E-state index contributed by atoms with van der Waals surface area (Å²) in [5.41, 5.74) is 3.35. The number of benzene rings is 1. The third-order valence-electron chi connectivity index (χ3n) is 5.24. The van der Waals surface area contributed by atoms with E-state index in [2.05, 4.69) is 35.9 Å².